The Morgan fingerprint density at radius 3 is 1.84 bits per heavy atom. The maximum Gasteiger partial charge on any atom is 0.268 e. The molecule has 0 bridgehead atoms. The number of likely N-dealkylation sites (N-methyl/N-ethyl adjacent to an activating group) is 1. The van der Waals surface area contributed by atoms with Crippen LogP contribution in [0.3, 0.4) is 0 Å². The lowest BCUT2D eigenvalue weighted by atomic mass is 10.0. The Kier molecular flexibility index (Phi) is 27.6. The number of amides is 1. The number of unbranched alkanes of at least 4 members (excludes halogenated alkanes) is 16. The number of phosphoric ester groups is 1. The highest BCUT2D eigenvalue weighted by Gasteiger charge is 2.23. The fourth-order valence-electron chi connectivity index (χ4n) is 4.75. The summed E-state index contributed by atoms with van der Waals surface area (Å²) in [5.74, 6) is -0.212. The molecule has 260 valence electrons. The minimum atomic E-state index is -4.58. The highest BCUT2D eigenvalue weighted by molar-refractivity contribution is 7.45. The Morgan fingerprint density at radius 2 is 1.27 bits per heavy atom. The number of phosphoric acid groups is 1. The van der Waals surface area contributed by atoms with Gasteiger partial charge in [-0.3, -0.25) is 9.36 Å². The van der Waals surface area contributed by atoms with Crippen LogP contribution in [0.2, 0.25) is 0 Å². The second-order valence-electron chi connectivity index (χ2n) is 13.2. The Balaban J connectivity index is 4.65. The first-order valence-corrected chi connectivity index (χ1v) is 19.2. The summed E-state index contributed by atoms with van der Waals surface area (Å²) in [5.41, 5.74) is 0. The van der Waals surface area contributed by atoms with Crippen molar-refractivity contribution in [2.75, 3.05) is 40.9 Å². The normalized spacial score (nSPS) is 15.2. The number of rotatable bonds is 31. The first-order valence-electron chi connectivity index (χ1n) is 17.7. The average Bonchev–Trinajstić information content (AvgIpc) is 2.95. The van der Waals surface area contributed by atoms with Gasteiger partial charge in [-0.15, -0.1) is 0 Å². The zero-order valence-corrected chi connectivity index (χ0v) is 30.0. The second kappa shape index (κ2) is 28.2. The minimum absolute atomic E-state index is 0.00508. The van der Waals surface area contributed by atoms with E-state index in [0.717, 1.165) is 38.5 Å². The van der Waals surface area contributed by atoms with Gasteiger partial charge in [0.15, 0.2) is 0 Å². The lowest BCUT2D eigenvalue weighted by Crippen LogP contribution is -2.45. The van der Waals surface area contributed by atoms with Gasteiger partial charge in [0.2, 0.25) is 5.91 Å². The zero-order chi connectivity index (χ0) is 32.9. The van der Waals surface area contributed by atoms with Crippen LogP contribution in [-0.4, -0.2) is 68.5 Å². The molecule has 0 aliphatic carbocycles. The number of nitrogens with one attached hydrogen (secondary N) is 1. The highest BCUT2D eigenvalue weighted by atomic mass is 31.2. The van der Waals surface area contributed by atoms with Crippen LogP contribution in [0, 0.1) is 0 Å². The third-order valence-electron chi connectivity index (χ3n) is 7.66. The number of hydrogen-bond donors (Lipinski definition) is 2. The van der Waals surface area contributed by atoms with E-state index in [1.807, 2.05) is 27.2 Å². The summed E-state index contributed by atoms with van der Waals surface area (Å²) in [5, 5.41) is 13.6. The van der Waals surface area contributed by atoms with Gasteiger partial charge in [-0.05, 0) is 32.1 Å². The van der Waals surface area contributed by atoms with Crippen LogP contribution in [-0.2, 0) is 18.4 Å². The summed E-state index contributed by atoms with van der Waals surface area (Å²) >= 11 is 0. The van der Waals surface area contributed by atoms with Crippen LogP contribution in [0.5, 0.6) is 0 Å². The van der Waals surface area contributed by atoms with Gasteiger partial charge in [-0.1, -0.05) is 128 Å². The molecule has 0 aromatic rings. The van der Waals surface area contributed by atoms with Crippen molar-refractivity contribution in [3.63, 3.8) is 0 Å². The molecular formula is C35H69N2O6P. The fraction of sp³-hybridized carbons (Fsp3) is 0.857. The molecule has 0 saturated carbocycles. The molecule has 0 fully saturated rings. The summed E-state index contributed by atoms with van der Waals surface area (Å²) < 4.78 is 23.0. The molecular weight excluding hydrogens is 575 g/mol. The fourth-order valence-corrected chi connectivity index (χ4v) is 5.48. The maximum atomic E-state index is 12.7. The molecule has 0 heterocycles. The van der Waals surface area contributed by atoms with Crippen molar-refractivity contribution in [2.24, 2.45) is 0 Å². The molecule has 0 aromatic carbocycles. The SMILES string of the molecule is CCCCCCC/C=C/CC/C=C/[C@@H](O)[C@H](COP(=O)([O-])OCC[N+](C)(C)C)NC(=O)CCCCCCCCCCCCC. The molecule has 44 heavy (non-hydrogen) atoms. The molecule has 0 saturated heterocycles. The number of carbonyl (C=O) groups excluding carboxylic acids is 1. The zero-order valence-electron chi connectivity index (χ0n) is 29.1. The molecule has 0 radical (unpaired) electrons. The van der Waals surface area contributed by atoms with Gasteiger partial charge in [0.05, 0.1) is 39.9 Å². The average molecular weight is 645 g/mol. The highest BCUT2D eigenvalue weighted by Crippen LogP contribution is 2.38. The molecule has 0 aliphatic heterocycles. The third kappa shape index (κ3) is 29.7. The number of aliphatic hydroxyl groups excluding tert-OH is 1. The lowest BCUT2D eigenvalue weighted by molar-refractivity contribution is -0.870. The number of hydrogen-bond acceptors (Lipinski definition) is 6. The summed E-state index contributed by atoms with van der Waals surface area (Å²) in [7, 11) is 1.24. The molecule has 8 nitrogen and oxygen atoms in total. The Bertz CT molecular complexity index is 784. The van der Waals surface area contributed by atoms with Crippen LogP contribution in [0.1, 0.15) is 142 Å². The van der Waals surface area contributed by atoms with Crippen molar-refractivity contribution in [3.8, 4) is 0 Å². The number of nitrogens with zero attached hydrogens (tertiary/aromatic N) is 1. The molecule has 0 spiro atoms. The van der Waals surface area contributed by atoms with E-state index < -0.39 is 26.6 Å². The smallest absolute Gasteiger partial charge is 0.268 e. The molecule has 2 N–H and O–H groups in total. The second-order valence-corrected chi connectivity index (χ2v) is 14.6. The molecule has 9 heteroatoms. The van der Waals surface area contributed by atoms with Gasteiger partial charge in [-0.2, -0.15) is 0 Å². The van der Waals surface area contributed by atoms with E-state index in [4.69, 9.17) is 9.05 Å². The third-order valence-corrected chi connectivity index (χ3v) is 8.63. The van der Waals surface area contributed by atoms with E-state index in [2.05, 4.69) is 31.3 Å². The van der Waals surface area contributed by atoms with Crippen molar-refractivity contribution in [2.45, 2.75) is 154 Å². The summed E-state index contributed by atoms with van der Waals surface area (Å²) in [6, 6.07) is -0.894. The van der Waals surface area contributed by atoms with Crippen molar-refractivity contribution < 1.29 is 32.9 Å². The topological polar surface area (TPSA) is 108 Å². The van der Waals surface area contributed by atoms with Crippen LogP contribution in [0.25, 0.3) is 0 Å². The summed E-state index contributed by atoms with van der Waals surface area (Å²) in [6.07, 6.45) is 29.3. The molecule has 0 aromatic heterocycles. The van der Waals surface area contributed by atoms with Crippen molar-refractivity contribution >= 4 is 13.7 Å². The predicted molar refractivity (Wildman–Crippen MR) is 182 cm³/mol. The van der Waals surface area contributed by atoms with Gasteiger partial charge in [0, 0.05) is 6.42 Å². The van der Waals surface area contributed by atoms with E-state index in [1.165, 1.54) is 83.5 Å². The summed E-state index contributed by atoms with van der Waals surface area (Å²) in [4.78, 5) is 25.0. The van der Waals surface area contributed by atoms with Crippen molar-refractivity contribution in [3.05, 3.63) is 24.3 Å². The molecule has 0 aliphatic rings. The van der Waals surface area contributed by atoms with Crippen molar-refractivity contribution in [1.82, 2.24) is 5.32 Å². The largest absolute Gasteiger partial charge is 0.756 e. The van der Waals surface area contributed by atoms with Gasteiger partial charge in [0.1, 0.15) is 13.2 Å². The number of carbonyl (C=O) groups is 1. The van der Waals surface area contributed by atoms with E-state index in [1.54, 1.807) is 6.08 Å². The van der Waals surface area contributed by atoms with Crippen LogP contribution in [0.4, 0.5) is 0 Å². The van der Waals surface area contributed by atoms with Crippen molar-refractivity contribution in [1.29, 1.82) is 0 Å². The van der Waals surface area contributed by atoms with Crippen LogP contribution >= 0.6 is 7.82 Å². The van der Waals surface area contributed by atoms with E-state index in [9.17, 15) is 19.4 Å². The standard InChI is InChI=1S/C35H69N2O6P/c1-6-8-10-12-14-16-18-20-22-24-26-28-34(38)33(32-43-44(40,41)42-31-30-37(3,4)5)36-35(39)29-27-25-23-21-19-17-15-13-11-9-7-2/h18,20,26,28,33-34,38H,6-17,19,21-25,27,29-32H2,1-5H3,(H-,36,39,40,41)/b20-18+,28-26+/t33-,34+/m0/s1. The van der Waals surface area contributed by atoms with Crippen LogP contribution < -0.4 is 10.2 Å². The Labute approximate surface area is 271 Å². The lowest BCUT2D eigenvalue weighted by Gasteiger charge is -2.29. The maximum absolute atomic E-state index is 12.7. The van der Waals surface area contributed by atoms with Gasteiger partial charge < -0.3 is 28.8 Å². The quantitative estimate of drug-likeness (QED) is 0.0343. The number of allylic oxidation sites excluding steroid dienone is 3. The predicted octanol–water partition coefficient (Wildman–Crippen LogP) is 7.99. The monoisotopic (exact) mass is 644 g/mol. The van der Waals surface area contributed by atoms with Crippen LogP contribution in [0.15, 0.2) is 24.3 Å². The molecule has 1 unspecified atom stereocenters. The number of aliphatic hydroxyl groups is 1. The molecule has 0 rings (SSSR count). The van der Waals surface area contributed by atoms with Gasteiger partial charge >= 0.3 is 0 Å². The Morgan fingerprint density at radius 1 is 0.773 bits per heavy atom. The molecule has 1 amide bonds. The minimum Gasteiger partial charge on any atom is -0.756 e. The molecule has 3 atom stereocenters. The van der Waals surface area contributed by atoms with E-state index >= 15 is 0 Å². The Hall–Kier alpha value is -1.02. The van der Waals surface area contributed by atoms with E-state index in [0.29, 0.717) is 17.4 Å². The number of quaternary nitrogens is 1. The first-order chi connectivity index (χ1) is 21.0. The first kappa shape index (κ1) is 43.0. The van der Waals surface area contributed by atoms with Gasteiger partial charge in [-0.25, -0.2) is 0 Å². The summed E-state index contributed by atoms with van der Waals surface area (Å²) in [6.45, 7) is 4.56. The van der Waals surface area contributed by atoms with Gasteiger partial charge in [0.25, 0.3) is 7.82 Å². The van der Waals surface area contributed by atoms with E-state index in [-0.39, 0.29) is 12.5 Å².